The summed E-state index contributed by atoms with van der Waals surface area (Å²) in [5.41, 5.74) is 0.650. The number of ketones is 1. The Bertz CT molecular complexity index is 376. The fourth-order valence-electron chi connectivity index (χ4n) is 0.829. The third-order valence-corrected chi connectivity index (χ3v) is 1.53. The van der Waals surface area contributed by atoms with Crippen LogP contribution in [0.15, 0.2) is 30.3 Å². The number of phenolic OH excluding ortho intramolecular Hbond substituents is 1. The molecule has 0 aromatic heterocycles. The van der Waals surface area contributed by atoms with Crippen LogP contribution in [0.5, 0.6) is 5.75 Å². The van der Waals surface area contributed by atoms with Crippen LogP contribution in [0.2, 0.25) is 0 Å². The van der Waals surface area contributed by atoms with Crippen molar-refractivity contribution >= 4 is 17.8 Å². The van der Waals surface area contributed by atoms with Crippen molar-refractivity contribution in [3.05, 3.63) is 35.9 Å². The van der Waals surface area contributed by atoms with Crippen LogP contribution in [0.4, 0.5) is 0 Å². The maximum Gasteiger partial charge on any atom is 0.376 e. The summed E-state index contributed by atoms with van der Waals surface area (Å²) in [4.78, 5) is 20.8. The number of benzene rings is 1. The van der Waals surface area contributed by atoms with Gasteiger partial charge in [0, 0.05) is 0 Å². The Balaban J connectivity index is 2.74. The fraction of sp³-hybridized carbons (Fsp3) is 0. The van der Waals surface area contributed by atoms with Gasteiger partial charge in [-0.2, -0.15) is 0 Å². The van der Waals surface area contributed by atoms with E-state index in [-0.39, 0.29) is 5.75 Å². The summed E-state index contributed by atoms with van der Waals surface area (Å²) in [6.45, 7) is 0. The SMILES string of the molecule is O=C(O)C(=O)/C=C/c1ccc(O)cc1. The van der Waals surface area contributed by atoms with E-state index in [0.29, 0.717) is 5.56 Å². The van der Waals surface area contributed by atoms with E-state index in [9.17, 15) is 9.59 Å². The van der Waals surface area contributed by atoms with E-state index in [1.807, 2.05) is 0 Å². The van der Waals surface area contributed by atoms with E-state index in [1.54, 1.807) is 12.1 Å². The predicted octanol–water partition coefficient (Wildman–Crippen LogP) is 1.06. The highest BCUT2D eigenvalue weighted by molar-refractivity contribution is 6.38. The highest BCUT2D eigenvalue weighted by Crippen LogP contribution is 2.10. The zero-order valence-electron chi connectivity index (χ0n) is 7.18. The predicted molar refractivity (Wildman–Crippen MR) is 49.8 cm³/mol. The first kappa shape index (κ1) is 9.98. The minimum absolute atomic E-state index is 0.117. The van der Waals surface area contributed by atoms with Gasteiger partial charge in [0.2, 0.25) is 0 Å². The molecule has 0 amide bonds. The topological polar surface area (TPSA) is 74.6 Å². The molecule has 0 aliphatic rings. The normalized spacial score (nSPS) is 10.3. The quantitative estimate of drug-likeness (QED) is 0.554. The summed E-state index contributed by atoms with van der Waals surface area (Å²) in [6, 6.07) is 6.04. The van der Waals surface area contributed by atoms with Crippen molar-refractivity contribution < 1.29 is 19.8 Å². The lowest BCUT2D eigenvalue weighted by molar-refractivity contribution is -0.146. The summed E-state index contributed by atoms with van der Waals surface area (Å²) < 4.78 is 0. The van der Waals surface area contributed by atoms with E-state index in [1.165, 1.54) is 18.2 Å². The molecular formula is C10H8O4. The van der Waals surface area contributed by atoms with Crippen LogP contribution in [0.25, 0.3) is 6.08 Å². The lowest BCUT2D eigenvalue weighted by atomic mass is 10.2. The Morgan fingerprint density at radius 2 is 1.71 bits per heavy atom. The lowest BCUT2D eigenvalue weighted by Crippen LogP contribution is -2.08. The van der Waals surface area contributed by atoms with E-state index in [2.05, 4.69) is 0 Å². The molecular weight excluding hydrogens is 184 g/mol. The summed E-state index contributed by atoms with van der Waals surface area (Å²) in [5, 5.41) is 17.2. The number of carbonyl (C=O) groups excluding carboxylic acids is 1. The molecule has 1 rings (SSSR count). The van der Waals surface area contributed by atoms with Crippen LogP contribution in [0.1, 0.15) is 5.56 Å². The molecule has 0 saturated heterocycles. The molecule has 0 aliphatic carbocycles. The number of hydrogen-bond donors (Lipinski definition) is 2. The molecule has 1 aromatic carbocycles. The molecule has 72 valence electrons. The van der Waals surface area contributed by atoms with Crippen LogP contribution in [0, 0.1) is 0 Å². The van der Waals surface area contributed by atoms with Crippen molar-refractivity contribution in [2.45, 2.75) is 0 Å². The molecule has 0 heterocycles. The van der Waals surface area contributed by atoms with Gasteiger partial charge in [0.1, 0.15) is 5.75 Å². The van der Waals surface area contributed by atoms with Crippen molar-refractivity contribution in [2.75, 3.05) is 0 Å². The number of rotatable bonds is 3. The average molecular weight is 192 g/mol. The maximum atomic E-state index is 10.6. The summed E-state index contributed by atoms with van der Waals surface area (Å²) in [7, 11) is 0. The van der Waals surface area contributed by atoms with Crippen LogP contribution in [-0.2, 0) is 9.59 Å². The smallest absolute Gasteiger partial charge is 0.376 e. The van der Waals surface area contributed by atoms with Gasteiger partial charge in [-0.05, 0) is 23.8 Å². The molecule has 0 radical (unpaired) electrons. The number of hydrogen-bond acceptors (Lipinski definition) is 3. The Kier molecular flexibility index (Phi) is 3.01. The summed E-state index contributed by atoms with van der Waals surface area (Å²) in [5.74, 6) is -2.34. The van der Waals surface area contributed by atoms with Crippen LogP contribution in [0.3, 0.4) is 0 Å². The number of carbonyl (C=O) groups is 2. The zero-order valence-corrected chi connectivity index (χ0v) is 7.18. The zero-order chi connectivity index (χ0) is 10.6. The molecule has 0 unspecified atom stereocenters. The highest BCUT2D eigenvalue weighted by Gasteiger charge is 2.05. The van der Waals surface area contributed by atoms with Crippen LogP contribution < -0.4 is 0 Å². The van der Waals surface area contributed by atoms with Crippen molar-refractivity contribution in [1.29, 1.82) is 0 Å². The molecule has 1 aromatic rings. The largest absolute Gasteiger partial charge is 0.508 e. The second-order valence-electron chi connectivity index (χ2n) is 2.59. The van der Waals surface area contributed by atoms with Gasteiger partial charge in [-0.3, -0.25) is 4.79 Å². The molecule has 0 fully saturated rings. The number of phenols is 1. The first-order valence-electron chi connectivity index (χ1n) is 3.84. The standard InChI is InChI=1S/C10H8O4/c11-8-4-1-7(2-5-8)3-6-9(12)10(13)14/h1-6,11H,(H,13,14)/b6-3+. The first-order chi connectivity index (χ1) is 6.59. The third-order valence-electron chi connectivity index (χ3n) is 1.53. The van der Waals surface area contributed by atoms with Crippen molar-refractivity contribution in [3.63, 3.8) is 0 Å². The van der Waals surface area contributed by atoms with Gasteiger partial charge in [-0.25, -0.2) is 4.79 Å². The van der Waals surface area contributed by atoms with E-state index >= 15 is 0 Å². The average Bonchev–Trinajstić information content (AvgIpc) is 2.16. The van der Waals surface area contributed by atoms with Gasteiger partial charge in [-0.1, -0.05) is 18.2 Å². The monoisotopic (exact) mass is 192 g/mol. The van der Waals surface area contributed by atoms with Crippen LogP contribution in [-0.4, -0.2) is 22.0 Å². The van der Waals surface area contributed by atoms with E-state index in [4.69, 9.17) is 10.2 Å². The molecule has 4 heteroatoms. The van der Waals surface area contributed by atoms with Crippen LogP contribution >= 0.6 is 0 Å². The highest BCUT2D eigenvalue weighted by atomic mass is 16.4. The molecule has 0 saturated carbocycles. The number of carboxylic acids is 1. The van der Waals surface area contributed by atoms with Gasteiger partial charge in [0.25, 0.3) is 5.78 Å². The van der Waals surface area contributed by atoms with Crippen molar-refractivity contribution in [1.82, 2.24) is 0 Å². The Labute approximate surface area is 80.1 Å². The molecule has 2 N–H and O–H groups in total. The molecule has 0 bridgehead atoms. The third kappa shape index (κ3) is 2.75. The van der Waals surface area contributed by atoms with E-state index < -0.39 is 11.8 Å². The van der Waals surface area contributed by atoms with Gasteiger partial charge in [-0.15, -0.1) is 0 Å². The molecule has 0 atom stereocenters. The van der Waals surface area contributed by atoms with Gasteiger partial charge in [0.15, 0.2) is 0 Å². The number of aliphatic carboxylic acids is 1. The number of carboxylic acid groups (broad SMARTS) is 1. The second kappa shape index (κ2) is 4.23. The van der Waals surface area contributed by atoms with E-state index in [0.717, 1.165) is 6.08 Å². The maximum absolute atomic E-state index is 10.6. The van der Waals surface area contributed by atoms with Gasteiger partial charge in [0.05, 0.1) is 0 Å². The number of aromatic hydroxyl groups is 1. The first-order valence-corrected chi connectivity index (χ1v) is 3.84. The van der Waals surface area contributed by atoms with Gasteiger partial charge >= 0.3 is 5.97 Å². The lowest BCUT2D eigenvalue weighted by Gasteiger charge is -1.92. The van der Waals surface area contributed by atoms with Crippen molar-refractivity contribution in [3.8, 4) is 5.75 Å². The van der Waals surface area contributed by atoms with Crippen molar-refractivity contribution in [2.24, 2.45) is 0 Å². The summed E-state index contributed by atoms with van der Waals surface area (Å²) >= 11 is 0. The van der Waals surface area contributed by atoms with Gasteiger partial charge < -0.3 is 10.2 Å². The molecule has 0 aliphatic heterocycles. The Morgan fingerprint density at radius 1 is 1.14 bits per heavy atom. The molecule has 14 heavy (non-hydrogen) atoms. The minimum Gasteiger partial charge on any atom is -0.508 e. The molecule has 4 nitrogen and oxygen atoms in total. The minimum atomic E-state index is -1.49. The molecule has 0 spiro atoms. The second-order valence-corrected chi connectivity index (χ2v) is 2.59. The Hall–Kier alpha value is -2.10. The Morgan fingerprint density at radius 3 is 2.21 bits per heavy atom. The summed E-state index contributed by atoms with van der Waals surface area (Å²) in [6.07, 6.45) is 2.34. The fourth-order valence-corrected chi connectivity index (χ4v) is 0.829.